The Labute approximate surface area is 154 Å². The molecule has 0 aliphatic carbocycles. The number of hydrogen-bond acceptors (Lipinski definition) is 6. The number of aryl methyl sites for hydroxylation is 1. The van der Waals surface area contributed by atoms with E-state index in [1.54, 1.807) is 42.7 Å². The molecule has 0 spiro atoms. The average molecular weight is 362 g/mol. The molecule has 4 rings (SSSR count). The van der Waals surface area contributed by atoms with E-state index < -0.39 is 0 Å². The molecule has 0 bridgehead atoms. The van der Waals surface area contributed by atoms with Gasteiger partial charge < -0.3 is 20.5 Å². The maximum Gasteiger partial charge on any atom is 0.256 e. The molecule has 8 nitrogen and oxygen atoms in total. The summed E-state index contributed by atoms with van der Waals surface area (Å²) >= 11 is 0. The van der Waals surface area contributed by atoms with E-state index in [1.807, 2.05) is 6.07 Å². The zero-order chi connectivity index (χ0) is 18.6. The first kappa shape index (κ1) is 16.9. The van der Waals surface area contributed by atoms with Gasteiger partial charge in [-0.25, -0.2) is 4.98 Å². The highest BCUT2D eigenvalue weighted by Gasteiger charge is 2.11. The van der Waals surface area contributed by atoms with Crippen LogP contribution in [0.2, 0.25) is 0 Å². The van der Waals surface area contributed by atoms with Crippen LogP contribution in [0.1, 0.15) is 22.6 Å². The number of imidazole rings is 1. The van der Waals surface area contributed by atoms with Crippen molar-refractivity contribution in [2.45, 2.75) is 12.8 Å². The minimum atomic E-state index is -0.275. The molecule has 0 fully saturated rings. The van der Waals surface area contributed by atoms with Gasteiger partial charge in [0.05, 0.1) is 17.3 Å². The summed E-state index contributed by atoms with van der Waals surface area (Å²) in [6, 6.07) is 12.3. The Morgan fingerprint density at radius 3 is 2.85 bits per heavy atom. The summed E-state index contributed by atoms with van der Waals surface area (Å²) in [6.07, 6.45) is 3.21. The molecule has 4 aromatic rings. The minimum Gasteiger partial charge on any atom is -0.463 e. The molecule has 1 amide bonds. The first-order valence-electron chi connectivity index (χ1n) is 8.60. The van der Waals surface area contributed by atoms with E-state index in [9.17, 15) is 4.79 Å². The predicted octanol–water partition coefficient (Wildman–Crippen LogP) is 2.76. The molecule has 0 saturated heterocycles. The Balaban J connectivity index is 1.49. The number of carbonyl (C=O) groups excluding carboxylic acids is 1. The van der Waals surface area contributed by atoms with Gasteiger partial charge in [0, 0.05) is 12.0 Å². The Morgan fingerprint density at radius 2 is 2.11 bits per heavy atom. The molecule has 0 aliphatic heterocycles. The van der Waals surface area contributed by atoms with Crippen LogP contribution in [0.5, 0.6) is 0 Å². The third-order valence-corrected chi connectivity index (χ3v) is 4.09. The van der Waals surface area contributed by atoms with Crippen LogP contribution in [-0.4, -0.2) is 32.6 Å². The van der Waals surface area contributed by atoms with Gasteiger partial charge in [-0.15, -0.1) is 10.2 Å². The molecule has 1 aromatic carbocycles. The van der Waals surface area contributed by atoms with Crippen LogP contribution in [0.15, 0.2) is 53.1 Å². The summed E-state index contributed by atoms with van der Waals surface area (Å²) in [6.45, 7) is 0.616. The number of amides is 1. The molecule has 0 atom stereocenters. The standard InChI is InChI=1S/C19H18N6O2/c20-9-1-4-17-21-13-6-5-12(11-15(13)22-17)19(26)23-18-8-7-14(24-25-18)16-3-2-10-27-16/h2-3,5-8,10-11H,1,4,9,20H2,(H,21,22)(H,23,25,26). The minimum absolute atomic E-state index is 0.275. The largest absolute Gasteiger partial charge is 0.463 e. The Hall–Kier alpha value is -3.52. The van der Waals surface area contributed by atoms with Gasteiger partial charge in [0.15, 0.2) is 11.6 Å². The maximum absolute atomic E-state index is 12.5. The zero-order valence-corrected chi connectivity index (χ0v) is 14.5. The van der Waals surface area contributed by atoms with E-state index in [0.29, 0.717) is 29.4 Å². The Kier molecular flexibility index (Phi) is 4.63. The molecular formula is C19H18N6O2. The maximum atomic E-state index is 12.5. The second-order valence-corrected chi connectivity index (χ2v) is 6.04. The fraction of sp³-hybridized carbons (Fsp3) is 0.158. The SMILES string of the molecule is NCCCc1nc2cc(C(=O)Nc3ccc(-c4ccco4)nn3)ccc2[nH]1. The number of furan rings is 1. The zero-order valence-electron chi connectivity index (χ0n) is 14.5. The van der Waals surface area contributed by atoms with Crippen LogP contribution in [-0.2, 0) is 6.42 Å². The fourth-order valence-electron chi connectivity index (χ4n) is 2.73. The van der Waals surface area contributed by atoms with Gasteiger partial charge in [-0.05, 0) is 55.4 Å². The van der Waals surface area contributed by atoms with Crippen LogP contribution < -0.4 is 11.1 Å². The van der Waals surface area contributed by atoms with Crippen molar-refractivity contribution in [1.29, 1.82) is 0 Å². The van der Waals surface area contributed by atoms with E-state index >= 15 is 0 Å². The summed E-state index contributed by atoms with van der Waals surface area (Å²) in [4.78, 5) is 20.2. The summed E-state index contributed by atoms with van der Waals surface area (Å²) in [5, 5.41) is 10.8. The number of nitrogens with one attached hydrogen (secondary N) is 2. The number of nitrogens with zero attached hydrogens (tertiary/aromatic N) is 3. The Morgan fingerprint density at radius 1 is 1.19 bits per heavy atom. The van der Waals surface area contributed by atoms with Crippen LogP contribution in [0.25, 0.3) is 22.5 Å². The van der Waals surface area contributed by atoms with Crippen LogP contribution in [0, 0.1) is 0 Å². The predicted molar refractivity (Wildman–Crippen MR) is 101 cm³/mol. The van der Waals surface area contributed by atoms with Crippen LogP contribution >= 0.6 is 0 Å². The second-order valence-electron chi connectivity index (χ2n) is 6.04. The highest BCUT2D eigenvalue weighted by molar-refractivity contribution is 6.05. The molecule has 0 aliphatic rings. The third-order valence-electron chi connectivity index (χ3n) is 4.09. The molecule has 8 heteroatoms. The van der Waals surface area contributed by atoms with Crippen molar-refractivity contribution in [3.05, 3.63) is 60.1 Å². The molecule has 3 heterocycles. The summed E-state index contributed by atoms with van der Waals surface area (Å²) < 4.78 is 5.27. The van der Waals surface area contributed by atoms with E-state index in [-0.39, 0.29) is 5.91 Å². The number of anilines is 1. The third kappa shape index (κ3) is 3.70. The van der Waals surface area contributed by atoms with Crippen LogP contribution in [0.4, 0.5) is 5.82 Å². The number of benzene rings is 1. The summed E-state index contributed by atoms with van der Waals surface area (Å²) in [5.74, 6) is 1.58. The number of aromatic nitrogens is 4. The van der Waals surface area contributed by atoms with Crippen molar-refractivity contribution < 1.29 is 9.21 Å². The van der Waals surface area contributed by atoms with Gasteiger partial charge in [-0.1, -0.05) is 0 Å². The number of nitrogens with two attached hydrogens (primary N) is 1. The number of hydrogen-bond donors (Lipinski definition) is 3. The van der Waals surface area contributed by atoms with Gasteiger partial charge in [0.2, 0.25) is 0 Å². The number of carbonyl (C=O) groups is 1. The molecule has 4 N–H and O–H groups in total. The van der Waals surface area contributed by atoms with Crippen molar-refractivity contribution in [3.63, 3.8) is 0 Å². The highest BCUT2D eigenvalue weighted by atomic mass is 16.3. The molecule has 3 aromatic heterocycles. The lowest BCUT2D eigenvalue weighted by atomic mass is 10.2. The second kappa shape index (κ2) is 7.38. The summed E-state index contributed by atoms with van der Waals surface area (Å²) in [5.41, 5.74) is 8.26. The number of rotatable bonds is 6. The smallest absolute Gasteiger partial charge is 0.256 e. The monoisotopic (exact) mass is 362 g/mol. The van der Waals surface area contributed by atoms with Gasteiger partial charge >= 0.3 is 0 Å². The van der Waals surface area contributed by atoms with Gasteiger partial charge in [-0.2, -0.15) is 0 Å². The number of H-pyrrole nitrogens is 1. The summed E-state index contributed by atoms with van der Waals surface area (Å²) in [7, 11) is 0. The van der Waals surface area contributed by atoms with E-state index in [0.717, 1.165) is 29.7 Å². The van der Waals surface area contributed by atoms with Crippen LogP contribution in [0.3, 0.4) is 0 Å². The first-order chi connectivity index (χ1) is 13.2. The Bertz CT molecular complexity index is 1050. The molecule has 0 saturated carbocycles. The average Bonchev–Trinajstić information content (AvgIpc) is 3.36. The molecular weight excluding hydrogens is 344 g/mol. The van der Waals surface area contributed by atoms with Crippen molar-refractivity contribution in [3.8, 4) is 11.5 Å². The lowest BCUT2D eigenvalue weighted by Crippen LogP contribution is -2.13. The fourth-order valence-corrected chi connectivity index (χ4v) is 2.73. The lowest BCUT2D eigenvalue weighted by Gasteiger charge is -2.04. The molecule has 0 radical (unpaired) electrons. The van der Waals surface area contributed by atoms with Crippen molar-refractivity contribution in [1.82, 2.24) is 20.2 Å². The number of fused-ring (bicyclic) bond motifs is 1. The number of aromatic amines is 1. The lowest BCUT2D eigenvalue weighted by molar-refractivity contribution is 0.102. The molecule has 27 heavy (non-hydrogen) atoms. The van der Waals surface area contributed by atoms with Crippen molar-refractivity contribution >= 4 is 22.8 Å². The van der Waals surface area contributed by atoms with E-state index in [2.05, 4.69) is 25.5 Å². The van der Waals surface area contributed by atoms with Gasteiger partial charge in [0.1, 0.15) is 11.5 Å². The van der Waals surface area contributed by atoms with E-state index in [1.165, 1.54) is 0 Å². The topological polar surface area (TPSA) is 123 Å². The van der Waals surface area contributed by atoms with Crippen molar-refractivity contribution in [2.24, 2.45) is 5.73 Å². The van der Waals surface area contributed by atoms with Gasteiger partial charge in [0.25, 0.3) is 5.91 Å². The molecule has 0 unspecified atom stereocenters. The van der Waals surface area contributed by atoms with Gasteiger partial charge in [-0.3, -0.25) is 4.79 Å². The molecule has 136 valence electrons. The first-order valence-corrected chi connectivity index (χ1v) is 8.60. The normalized spacial score (nSPS) is 11.0. The van der Waals surface area contributed by atoms with Crippen molar-refractivity contribution in [2.75, 3.05) is 11.9 Å². The quantitative estimate of drug-likeness (QED) is 0.485. The highest BCUT2D eigenvalue weighted by Crippen LogP contribution is 2.18. The van der Waals surface area contributed by atoms with E-state index in [4.69, 9.17) is 10.2 Å².